The monoisotopic (exact) mass is 384 g/mol. The second-order valence-corrected chi connectivity index (χ2v) is 7.73. The highest BCUT2D eigenvalue weighted by atomic mass is 16.5. The number of amides is 1. The molecule has 146 valence electrons. The number of hydrogen-bond acceptors (Lipinski definition) is 3. The van der Waals surface area contributed by atoms with Crippen LogP contribution in [0, 0.1) is 5.92 Å². The van der Waals surface area contributed by atoms with Gasteiger partial charge in [0.05, 0.1) is 24.4 Å². The Morgan fingerprint density at radius 1 is 1.10 bits per heavy atom. The summed E-state index contributed by atoms with van der Waals surface area (Å²) in [6.07, 6.45) is 5.56. The van der Waals surface area contributed by atoms with E-state index in [9.17, 15) is 4.79 Å². The van der Waals surface area contributed by atoms with Crippen molar-refractivity contribution in [2.75, 3.05) is 19.5 Å². The molecule has 1 amide bonds. The molecular weight excluding hydrogens is 360 g/mol. The molecule has 4 heteroatoms. The Bertz CT molecular complexity index is 1130. The van der Waals surface area contributed by atoms with Crippen molar-refractivity contribution in [2.45, 2.75) is 18.4 Å². The fraction of sp³-hybridized carbons (Fsp3) is 0.240. The number of para-hydroxylation sites is 1. The number of allylic oxidation sites excluding steroid dienone is 2. The molecule has 0 radical (unpaired) electrons. The second kappa shape index (κ2) is 6.96. The summed E-state index contributed by atoms with van der Waals surface area (Å²) >= 11 is 0. The van der Waals surface area contributed by atoms with Crippen molar-refractivity contribution in [1.82, 2.24) is 5.32 Å². The number of ether oxygens (including phenoxy) is 1. The van der Waals surface area contributed by atoms with Crippen LogP contribution < -0.4 is 15.4 Å². The zero-order valence-corrected chi connectivity index (χ0v) is 16.6. The van der Waals surface area contributed by atoms with Gasteiger partial charge >= 0.3 is 0 Å². The van der Waals surface area contributed by atoms with Gasteiger partial charge < -0.3 is 15.4 Å². The molecule has 1 heterocycles. The lowest BCUT2D eigenvalue weighted by atomic mass is 9.75. The van der Waals surface area contributed by atoms with Crippen LogP contribution in [0.2, 0.25) is 0 Å². The minimum absolute atomic E-state index is 0.0503. The van der Waals surface area contributed by atoms with E-state index in [0.29, 0.717) is 11.5 Å². The molecule has 0 saturated carbocycles. The highest BCUT2D eigenvalue weighted by molar-refractivity contribution is 6.01. The van der Waals surface area contributed by atoms with Crippen molar-refractivity contribution in [3.8, 4) is 5.75 Å². The van der Waals surface area contributed by atoms with Gasteiger partial charge in [-0.25, -0.2) is 0 Å². The fourth-order valence-corrected chi connectivity index (χ4v) is 5.01. The largest absolute Gasteiger partial charge is 0.496 e. The Hall–Kier alpha value is -3.27. The van der Waals surface area contributed by atoms with Crippen molar-refractivity contribution in [3.63, 3.8) is 0 Å². The minimum Gasteiger partial charge on any atom is -0.496 e. The molecule has 3 unspecified atom stereocenters. The third-order valence-corrected chi connectivity index (χ3v) is 6.33. The Morgan fingerprint density at radius 2 is 1.97 bits per heavy atom. The molecule has 5 rings (SSSR count). The van der Waals surface area contributed by atoms with Gasteiger partial charge in [-0.2, -0.15) is 0 Å². The van der Waals surface area contributed by atoms with Gasteiger partial charge in [-0.3, -0.25) is 4.79 Å². The Kier molecular flexibility index (Phi) is 4.27. The summed E-state index contributed by atoms with van der Waals surface area (Å²) in [4.78, 5) is 12.6. The van der Waals surface area contributed by atoms with E-state index in [0.717, 1.165) is 17.9 Å². The zero-order valence-electron chi connectivity index (χ0n) is 16.6. The lowest BCUT2D eigenvalue weighted by Gasteiger charge is -2.39. The summed E-state index contributed by atoms with van der Waals surface area (Å²) in [5.41, 5.74) is 3.98. The topological polar surface area (TPSA) is 50.4 Å². The SMILES string of the molecule is CNC(=O)c1cccc2c1NC(c1c(OC)ccc3ccccc13)C1CC=CC21. The van der Waals surface area contributed by atoms with Gasteiger partial charge in [0.2, 0.25) is 0 Å². The van der Waals surface area contributed by atoms with Crippen LogP contribution >= 0.6 is 0 Å². The second-order valence-electron chi connectivity index (χ2n) is 7.73. The smallest absolute Gasteiger partial charge is 0.253 e. The maximum absolute atomic E-state index is 12.6. The zero-order chi connectivity index (χ0) is 20.0. The van der Waals surface area contributed by atoms with Crippen molar-refractivity contribution in [1.29, 1.82) is 0 Å². The van der Waals surface area contributed by atoms with Crippen LogP contribution in [0.15, 0.2) is 66.7 Å². The molecule has 3 atom stereocenters. The first-order valence-corrected chi connectivity index (χ1v) is 10.1. The predicted octanol–water partition coefficient (Wildman–Crippen LogP) is 5.03. The van der Waals surface area contributed by atoms with Crippen LogP contribution in [0.5, 0.6) is 5.75 Å². The number of anilines is 1. The molecule has 0 bridgehead atoms. The first-order valence-electron chi connectivity index (χ1n) is 10.1. The average Bonchev–Trinajstić information content (AvgIpc) is 3.27. The molecule has 2 N–H and O–H groups in total. The van der Waals surface area contributed by atoms with Gasteiger partial charge in [0.25, 0.3) is 5.91 Å². The first kappa shape index (κ1) is 17.8. The standard InChI is InChI=1S/C25H24N2O2/c1-26-25(28)20-12-6-10-18-17-9-5-11-19(17)24(27-23(18)20)22-16-8-4-3-7-15(16)13-14-21(22)29-2/h3-10,12-14,17,19,24,27H,11H2,1-2H3,(H,26,28). The van der Waals surface area contributed by atoms with Crippen LogP contribution in [-0.2, 0) is 0 Å². The predicted molar refractivity (Wildman–Crippen MR) is 117 cm³/mol. The van der Waals surface area contributed by atoms with E-state index in [2.05, 4.69) is 65.3 Å². The van der Waals surface area contributed by atoms with Gasteiger partial charge in [0, 0.05) is 18.5 Å². The maximum Gasteiger partial charge on any atom is 0.253 e. The number of carbonyl (C=O) groups is 1. The van der Waals surface area contributed by atoms with E-state index in [-0.39, 0.29) is 17.9 Å². The molecular formula is C25H24N2O2. The van der Waals surface area contributed by atoms with Crippen LogP contribution in [0.4, 0.5) is 5.69 Å². The minimum atomic E-state index is -0.0709. The number of methoxy groups -OCH3 is 1. The highest BCUT2D eigenvalue weighted by Crippen LogP contribution is 2.53. The Balaban J connectivity index is 1.73. The summed E-state index contributed by atoms with van der Waals surface area (Å²) in [6.45, 7) is 0. The number of nitrogens with one attached hydrogen (secondary N) is 2. The third-order valence-electron chi connectivity index (χ3n) is 6.33. The molecule has 1 aliphatic carbocycles. The maximum atomic E-state index is 12.6. The molecule has 4 nitrogen and oxygen atoms in total. The summed E-state index contributed by atoms with van der Waals surface area (Å²) < 4.78 is 5.80. The number of benzene rings is 3. The van der Waals surface area contributed by atoms with Crippen molar-refractivity contribution in [3.05, 3.63) is 83.4 Å². The number of rotatable bonds is 3. The molecule has 0 saturated heterocycles. The Labute approximate surface area is 170 Å². The van der Waals surface area contributed by atoms with Gasteiger partial charge in [0.1, 0.15) is 5.75 Å². The average molecular weight is 384 g/mol. The summed E-state index contributed by atoms with van der Waals surface area (Å²) in [7, 11) is 3.40. The van der Waals surface area contributed by atoms with Gasteiger partial charge in [-0.1, -0.05) is 54.6 Å². The molecule has 0 fully saturated rings. The highest BCUT2D eigenvalue weighted by Gasteiger charge is 2.40. The van der Waals surface area contributed by atoms with Gasteiger partial charge in [0.15, 0.2) is 0 Å². The molecule has 1 aliphatic heterocycles. The van der Waals surface area contributed by atoms with Gasteiger partial charge in [-0.05, 0) is 40.8 Å². The summed E-state index contributed by atoms with van der Waals surface area (Å²) in [6, 6.07) is 18.6. The van der Waals surface area contributed by atoms with Gasteiger partial charge in [-0.15, -0.1) is 0 Å². The normalized spacial score (nSPS) is 21.9. The third kappa shape index (κ3) is 2.70. The summed E-state index contributed by atoms with van der Waals surface area (Å²) in [5.74, 6) is 1.47. The van der Waals surface area contributed by atoms with Crippen LogP contribution in [-0.4, -0.2) is 20.1 Å². The van der Waals surface area contributed by atoms with Crippen LogP contribution in [0.1, 0.15) is 39.9 Å². The van der Waals surface area contributed by atoms with E-state index < -0.39 is 0 Å². The van der Waals surface area contributed by atoms with Crippen LogP contribution in [0.3, 0.4) is 0 Å². The quantitative estimate of drug-likeness (QED) is 0.623. The van der Waals surface area contributed by atoms with Crippen molar-refractivity contribution < 1.29 is 9.53 Å². The van der Waals surface area contributed by atoms with Crippen molar-refractivity contribution >= 4 is 22.4 Å². The molecule has 0 aromatic heterocycles. The van der Waals surface area contributed by atoms with E-state index in [1.54, 1.807) is 14.2 Å². The van der Waals surface area contributed by atoms with Crippen molar-refractivity contribution in [2.24, 2.45) is 5.92 Å². The van der Waals surface area contributed by atoms with E-state index >= 15 is 0 Å². The molecule has 2 aliphatic rings. The molecule has 29 heavy (non-hydrogen) atoms. The molecule has 0 spiro atoms. The Morgan fingerprint density at radius 3 is 2.79 bits per heavy atom. The number of hydrogen-bond donors (Lipinski definition) is 2. The molecule has 3 aromatic rings. The van der Waals surface area contributed by atoms with E-state index in [1.807, 2.05) is 12.1 Å². The number of fused-ring (bicyclic) bond motifs is 4. The lowest BCUT2D eigenvalue weighted by Crippen LogP contribution is -2.32. The van der Waals surface area contributed by atoms with E-state index in [1.165, 1.54) is 21.9 Å². The van der Waals surface area contributed by atoms with Crippen LogP contribution in [0.25, 0.3) is 10.8 Å². The first-order chi connectivity index (χ1) is 14.2. The van der Waals surface area contributed by atoms with E-state index in [4.69, 9.17) is 4.74 Å². The fourth-order valence-electron chi connectivity index (χ4n) is 5.01. The summed E-state index contributed by atoms with van der Waals surface area (Å²) in [5, 5.41) is 8.91. The lowest BCUT2D eigenvalue weighted by molar-refractivity contribution is 0.0963. The molecule has 3 aromatic carbocycles. The number of carbonyl (C=O) groups excluding carboxylic acids is 1.